The molecule has 2 aromatic rings. The molecule has 0 bridgehead atoms. The van der Waals surface area contributed by atoms with Gasteiger partial charge in [-0.05, 0) is 13.0 Å². The summed E-state index contributed by atoms with van der Waals surface area (Å²) in [7, 11) is 0. The summed E-state index contributed by atoms with van der Waals surface area (Å²) >= 11 is 0. The molecule has 0 aliphatic rings. The van der Waals surface area contributed by atoms with Crippen LogP contribution in [0.15, 0.2) is 12.1 Å². The van der Waals surface area contributed by atoms with E-state index in [1.54, 1.807) is 0 Å². The summed E-state index contributed by atoms with van der Waals surface area (Å²) in [6.07, 6.45) is -15.9. The maximum atomic E-state index is 13.0. The maximum absolute atomic E-state index is 13.0. The second kappa shape index (κ2) is 6.52. The first kappa shape index (κ1) is 20.1. The Morgan fingerprint density at radius 3 is 2.04 bits per heavy atom. The number of alkyl halides is 9. The Hall–Kier alpha value is -2.18. The molecule has 1 heterocycles. The molecule has 0 aliphatic carbocycles. The van der Waals surface area contributed by atoms with Crippen molar-refractivity contribution in [3.05, 3.63) is 23.5 Å². The molecular weight excluding hydrogens is 387 g/mol. The van der Waals surface area contributed by atoms with E-state index in [2.05, 4.69) is 9.72 Å². The fourth-order valence-corrected chi connectivity index (χ4v) is 2.11. The van der Waals surface area contributed by atoms with Crippen LogP contribution in [-0.4, -0.2) is 22.5 Å². The highest BCUT2D eigenvalue weighted by atomic mass is 19.4. The Morgan fingerprint density at radius 2 is 1.58 bits per heavy atom. The maximum Gasteiger partial charge on any atom is 0.573 e. The van der Waals surface area contributed by atoms with E-state index in [1.165, 1.54) is 6.92 Å². The minimum absolute atomic E-state index is 0.0572. The van der Waals surface area contributed by atoms with Crippen molar-refractivity contribution in [2.75, 3.05) is 6.61 Å². The molecule has 13 heteroatoms. The van der Waals surface area contributed by atoms with Gasteiger partial charge in [0.05, 0.1) is 11.0 Å². The van der Waals surface area contributed by atoms with Gasteiger partial charge in [0.25, 0.3) is 0 Å². The van der Waals surface area contributed by atoms with Crippen LogP contribution in [0.25, 0.3) is 11.0 Å². The largest absolute Gasteiger partial charge is 0.573 e. The van der Waals surface area contributed by atoms with Crippen LogP contribution in [0.5, 0.6) is 5.75 Å². The molecule has 0 saturated heterocycles. The van der Waals surface area contributed by atoms with Crippen molar-refractivity contribution in [2.45, 2.75) is 32.4 Å². The van der Waals surface area contributed by atoms with Gasteiger partial charge in [-0.2, -0.15) is 26.3 Å². The van der Waals surface area contributed by atoms with E-state index in [4.69, 9.17) is 4.74 Å². The lowest BCUT2D eigenvalue weighted by Gasteiger charge is -2.16. The van der Waals surface area contributed by atoms with Crippen LogP contribution < -0.4 is 4.74 Å². The molecule has 0 spiro atoms. The number of nitrogens with zero attached hydrogens (tertiary/aromatic N) is 2. The van der Waals surface area contributed by atoms with Gasteiger partial charge < -0.3 is 9.47 Å². The summed E-state index contributed by atoms with van der Waals surface area (Å²) in [6, 6.07) is 0.265. The number of aromatic nitrogens is 2. The van der Waals surface area contributed by atoms with Crippen LogP contribution in [0, 0.1) is 0 Å². The number of fused-ring (bicyclic) bond motifs is 1. The Balaban J connectivity index is 2.76. The summed E-state index contributed by atoms with van der Waals surface area (Å²) in [5.74, 6) is -3.31. The zero-order chi connectivity index (χ0) is 19.9. The molecule has 0 saturated carbocycles. The van der Waals surface area contributed by atoms with Crippen LogP contribution in [-0.2, 0) is 23.8 Å². The van der Waals surface area contributed by atoms with Gasteiger partial charge in [-0.15, -0.1) is 13.2 Å². The molecule has 1 aromatic heterocycles. The van der Waals surface area contributed by atoms with E-state index in [0.29, 0.717) is 4.57 Å². The highest BCUT2D eigenvalue weighted by Crippen LogP contribution is 2.42. The number of hydrogen-bond acceptors (Lipinski definition) is 3. The van der Waals surface area contributed by atoms with Crippen LogP contribution in [0.2, 0.25) is 0 Å². The number of rotatable bonds is 4. The van der Waals surface area contributed by atoms with Gasteiger partial charge in [-0.25, -0.2) is 4.98 Å². The SMILES string of the molecule is CCOCn1c(C(F)(F)F)nc2cc(OC(F)(F)F)c(C(F)(F)F)cc21. The van der Waals surface area contributed by atoms with E-state index in [1.807, 2.05) is 0 Å². The molecule has 0 aliphatic heterocycles. The Bertz CT molecular complexity index is 790. The minimum atomic E-state index is -5.48. The molecule has 146 valence electrons. The molecule has 0 unspecified atom stereocenters. The lowest BCUT2D eigenvalue weighted by atomic mass is 10.1. The molecule has 0 fully saturated rings. The van der Waals surface area contributed by atoms with Crippen LogP contribution in [0.3, 0.4) is 0 Å². The zero-order valence-corrected chi connectivity index (χ0v) is 12.7. The van der Waals surface area contributed by atoms with E-state index in [0.717, 1.165) is 0 Å². The monoisotopic (exact) mass is 396 g/mol. The molecule has 0 radical (unpaired) electrons. The second-order valence-corrected chi connectivity index (χ2v) is 4.87. The predicted molar refractivity (Wildman–Crippen MR) is 68.0 cm³/mol. The third-order valence-electron chi connectivity index (χ3n) is 3.06. The van der Waals surface area contributed by atoms with Gasteiger partial charge in [-0.3, -0.25) is 4.57 Å². The Kier molecular flexibility index (Phi) is 5.05. The van der Waals surface area contributed by atoms with Crippen LogP contribution >= 0.6 is 0 Å². The van der Waals surface area contributed by atoms with E-state index in [9.17, 15) is 39.5 Å². The van der Waals surface area contributed by atoms with Crippen LogP contribution in [0.1, 0.15) is 18.3 Å². The summed E-state index contributed by atoms with van der Waals surface area (Å²) in [5.41, 5.74) is -3.36. The molecule has 4 nitrogen and oxygen atoms in total. The molecule has 1 aromatic carbocycles. The summed E-state index contributed by atoms with van der Waals surface area (Å²) < 4.78 is 124. The summed E-state index contributed by atoms with van der Waals surface area (Å²) in [6.45, 7) is 0.583. The van der Waals surface area contributed by atoms with Crippen molar-refractivity contribution < 1.29 is 49.0 Å². The first-order chi connectivity index (χ1) is 11.7. The smallest absolute Gasteiger partial charge is 0.405 e. The average molecular weight is 396 g/mol. The summed E-state index contributed by atoms with van der Waals surface area (Å²) in [5, 5.41) is 0. The lowest BCUT2D eigenvalue weighted by molar-refractivity contribution is -0.276. The molecule has 0 N–H and O–H groups in total. The fourth-order valence-electron chi connectivity index (χ4n) is 2.11. The Labute approximate surface area is 139 Å². The van der Waals surface area contributed by atoms with Crippen molar-refractivity contribution >= 4 is 11.0 Å². The van der Waals surface area contributed by atoms with Gasteiger partial charge in [0, 0.05) is 12.7 Å². The highest BCUT2D eigenvalue weighted by molar-refractivity contribution is 5.79. The van der Waals surface area contributed by atoms with Crippen molar-refractivity contribution in [1.29, 1.82) is 0 Å². The minimum Gasteiger partial charge on any atom is -0.405 e. The van der Waals surface area contributed by atoms with Gasteiger partial charge in [-0.1, -0.05) is 0 Å². The van der Waals surface area contributed by atoms with Crippen LogP contribution in [0.4, 0.5) is 39.5 Å². The van der Waals surface area contributed by atoms with Gasteiger partial charge >= 0.3 is 18.7 Å². The number of benzene rings is 1. The predicted octanol–water partition coefficient (Wildman–Crippen LogP) is 4.97. The normalized spacial score (nSPS) is 13.5. The second-order valence-electron chi connectivity index (χ2n) is 4.87. The topological polar surface area (TPSA) is 36.3 Å². The number of ether oxygens (including phenoxy) is 2. The third-order valence-corrected chi connectivity index (χ3v) is 3.06. The van der Waals surface area contributed by atoms with E-state index < -0.39 is 53.6 Å². The molecule has 0 amide bonds. The molecule has 2 rings (SSSR count). The van der Waals surface area contributed by atoms with Crippen molar-refractivity contribution in [1.82, 2.24) is 9.55 Å². The lowest BCUT2D eigenvalue weighted by Crippen LogP contribution is -2.20. The first-order valence-corrected chi connectivity index (χ1v) is 6.76. The highest BCUT2D eigenvalue weighted by Gasteiger charge is 2.42. The molecule has 0 atom stereocenters. The molecule has 26 heavy (non-hydrogen) atoms. The average Bonchev–Trinajstić information content (AvgIpc) is 2.79. The fraction of sp³-hybridized carbons (Fsp3) is 0.462. The summed E-state index contributed by atoms with van der Waals surface area (Å²) in [4.78, 5) is 3.09. The van der Waals surface area contributed by atoms with Crippen molar-refractivity contribution in [2.24, 2.45) is 0 Å². The van der Waals surface area contributed by atoms with Crippen molar-refractivity contribution in [3.63, 3.8) is 0 Å². The van der Waals surface area contributed by atoms with E-state index >= 15 is 0 Å². The third kappa shape index (κ3) is 4.31. The number of hydrogen-bond donors (Lipinski definition) is 0. The number of halogens is 9. The Morgan fingerprint density at radius 1 is 0.962 bits per heavy atom. The molecular formula is C13H9F9N2O2. The first-order valence-electron chi connectivity index (χ1n) is 6.76. The van der Waals surface area contributed by atoms with E-state index in [-0.39, 0.29) is 18.7 Å². The standard InChI is InChI=1S/C13H9F9N2O2/c1-2-25-5-24-8-3-6(11(14,15)16)9(26-13(20,21)22)4-7(8)23-10(24)12(17,18)19/h3-4H,2,5H2,1H3. The number of imidazole rings is 1. The quantitative estimate of drug-likeness (QED) is 0.685. The van der Waals surface area contributed by atoms with Gasteiger partial charge in [0.2, 0.25) is 5.82 Å². The van der Waals surface area contributed by atoms with Crippen molar-refractivity contribution in [3.8, 4) is 5.75 Å². The van der Waals surface area contributed by atoms with Gasteiger partial charge in [0.15, 0.2) is 0 Å². The van der Waals surface area contributed by atoms with Gasteiger partial charge in [0.1, 0.15) is 18.0 Å². The zero-order valence-electron chi connectivity index (χ0n) is 12.7.